The van der Waals surface area contributed by atoms with Crippen LogP contribution in [0.5, 0.6) is 0 Å². The number of aliphatic hydroxyl groups is 1. The van der Waals surface area contributed by atoms with E-state index in [0.717, 1.165) is 43.7 Å². The van der Waals surface area contributed by atoms with Crippen molar-refractivity contribution in [2.75, 3.05) is 49.2 Å². The maximum absolute atomic E-state index is 14.8. The number of alkyl halides is 1. The average Bonchev–Trinajstić information content (AvgIpc) is 3.60. The zero-order valence-corrected chi connectivity index (χ0v) is 27.9. The minimum absolute atomic E-state index is 0.0143. The molecule has 3 fully saturated rings. The second kappa shape index (κ2) is 15.1. The van der Waals surface area contributed by atoms with Gasteiger partial charge in [0.1, 0.15) is 6.04 Å². The number of carbonyl (C=O) groups is 3. The minimum Gasteiger partial charge on any atom is -0.465 e. The molecule has 1 aromatic carbocycles. The molecule has 1 spiro atoms. The lowest BCUT2D eigenvalue weighted by Gasteiger charge is -2.38. The van der Waals surface area contributed by atoms with Crippen molar-refractivity contribution >= 4 is 56.9 Å². The normalized spacial score (nSPS) is 27.2. The van der Waals surface area contributed by atoms with Crippen LogP contribution in [-0.4, -0.2) is 88.0 Å². The Kier molecular flexibility index (Phi) is 11.8. The molecule has 3 saturated heterocycles. The lowest BCUT2D eigenvalue weighted by molar-refractivity contribution is -0.154. The highest BCUT2D eigenvalue weighted by Crippen LogP contribution is 2.68. The molecule has 3 aliphatic rings. The fourth-order valence-electron chi connectivity index (χ4n) is 7.04. The molecule has 2 amide bonds. The third-order valence-electron chi connectivity index (χ3n) is 9.04. The Morgan fingerprint density at radius 1 is 1.12 bits per heavy atom. The second-order valence-corrected chi connectivity index (χ2v) is 14.2. The number of hydrogen-bond donors (Lipinski definition) is 1. The first-order chi connectivity index (χ1) is 20.8. The van der Waals surface area contributed by atoms with Crippen LogP contribution < -0.4 is 9.80 Å². The molecule has 0 saturated carbocycles. The average molecular weight is 677 g/mol. The Bertz CT molecular complexity index is 1160. The third-order valence-corrected chi connectivity index (χ3v) is 12.3. The number of ether oxygens (including phenoxy) is 1. The zero-order chi connectivity index (χ0) is 31.1. The highest BCUT2D eigenvalue weighted by Gasteiger charge is 2.76. The summed E-state index contributed by atoms with van der Waals surface area (Å²) in [6.45, 7) is 14.7. The number of unbranched alkanes of at least 4 members (excludes halogenated alkanes) is 3. The summed E-state index contributed by atoms with van der Waals surface area (Å²) < 4.78 is 4.89. The number of carbonyl (C=O) groups excluding carboxylic acids is 3. The summed E-state index contributed by atoms with van der Waals surface area (Å²) in [5, 5.41) is 9.07. The number of anilines is 2. The van der Waals surface area contributed by atoms with Crippen molar-refractivity contribution in [3.05, 3.63) is 49.6 Å². The molecule has 8 nitrogen and oxygen atoms in total. The van der Waals surface area contributed by atoms with Crippen molar-refractivity contribution < 1.29 is 24.2 Å². The molecule has 236 valence electrons. The van der Waals surface area contributed by atoms with Crippen molar-refractivity contribution in [2.24, 2.45) is 11.8 Å². The Balaban J connectivity index is 1.69. The first-order valence-corrected chi connectivity index (χ1v) is 17.4. The summed E-state index contributed by atoms with van der Waals surface area (Å²) in [4.78, 5) is 48.2. The van der Waals surface area contributed by atoms with E-state index in [0.29, 0.717) is 32.4 Å². The largest absolute Gasteiger partial charge is 0.465 e. The van der Waals surface area contributed by atoms with E-state index < -0.39 is 22.6 Å². The molecule has 4 rings (SSSR count). The van der Waals surface area contributed by atoms with Crippen LogP contribution in [0, 0.1) is 11.8 Å². The zero-order valence-electron chi connectivity index (χ0n) is 25.5. The predicted octanol–water partition coefficient (Wildman–Crippen LogP) is 5.19. The number of halogens is 1. The lowest BCUT2D eigenvalue weighted by atomic mass is 9.71. The molecule has 3 heterocycles. The van der Waals surface area contributed by atoms with Crippen molar-refractivity contribution in [1.82, 2.24) is 4.90 Å². The van der Waals surface area contributed by atoms with Crippen molar-refractivity contribution in [3.8, 4) is 0 Å². The summed E-state index contributed by atoms with van der Waals surface area (Å²) in [6.07, 6.45) is 7.71. The standard InChI is InChI=1S/C33H46BrN3O5S/c1-5-9-21-42-32(41)26-27-30(39)37(19-12-10-11-13-20-38)29(33(27)22-25(34)28(26)43-33)31(40)36(18-6-2)24-16-14-23(15-17-24)35(7-3)8-4/h5-6,14-17,25-29,38H,1-2,7-13,18-22H2,3-4H3/t25?,26-,27-,28-,29?,33?/m0/s1. The number of likely N-dealkylation sites (tertiary alicyclic amines) is 1. The van der Waals surface area contributed by atoms with Crippen LogP contribution in [0.25, 0.3) is 0 Å². The first kappa shape index (κ1) is 33.6. The van der Waals surface area contributed by atoms with Gasteiger partial charge in [-0.2, -0.15) is 0 Å². The number of hydrogen-bond acceptors (Lipinski definition) is 7. The van der Waals surface area contributed by atoms with E-state index in [1.807, 2.05) is 24.3 Å². The molecule has 3 unspecified atom stereocenters. The fourth-order valence-corrected chi connectivity index (χ4v) is 10.6. The van der Waals surface area contributed by atoms with Gasteiger partial charge in [0.2, 0.25) is 5.91 Å². The quantitative estimate of drug-likeness (QED) is 0.105. The van der Waals surface area contributed by atoms with E-state index in [2.05, 4.69) is 47.8 Å². The van der Waals surface area contributed by atoms with Gasteiger partial charge in [-0.1, -0.05) is 40.9 Å². The van der Waals surface area contributed by atoms with Crippen LogP contribution in [0.1, 0.15) is 52.4 Å². The van der Waals surface area contributed by atoms with E-state index in [1.54, 1.807) is 33.7 Å². The van der Waals surface area contributed by atoms with Gasteiger partial charge in [0.25, 0.3) is 5.91 Å². The van der Waals surface area contributed by atoms with E-state index in [-0.39, 0.29) is 41.1 Å². The SMILES string of the molecule is C=CCCOC(=O)[C@H]1[C@H]2C(=O)N(CCCCCCO)C(C(=O)N(CC=C)c3ccc(N(CC)CC)cc3)C23CC(Br)[C@@H]1S3. The van der Waals surface area contributed by atoms with E-state index in [9.17, 15) is 19.5 Å². The van der Waals surface area contributed by atoms with Crippen LogP contribution in [-0.2, 0) is 19.1 Å². The molecule has 2 bridgehead atoms. The summed E-state index contributed by atoms with van der Waals surface area (Å²) in [6, 6.07) is 7.28. The van der Waals surface area contributed by atoms with Crippen molar-refractivity contribution in [1.29, 1.82) is 0 Å². The highest BCUT2D eigenvalue weighted by molar-refractivity contribution is 9.09. The van der Waals surface area contributed by atoms with Crippen molar-refractivity contribution in [3.63, 3.8) is 0 Å². The number of nitrogens with zero attached hydrogens (tertiary/aromatic N) is 3. The number of aliphatic hydroxyl groups excluding tert-OH is 1. The molecule has 3 aliphatic heterocycles. The Morgan fingerprint density at radius 3 is 2.42 bits per heavy atom. The smallest absolute Gasteiger partial charge is 0.310 e. The van der Waals surface area contributed by atoms with Gasteiger partial charge in [-0.05, 0) is 63.8 Å². The number of esters is 1. The summed E-state index contributed by atoms with van der Waals surface area (Å²) in [5.74, 6) is -1.87. The van der Waals surface area contributed by atoms with Gasteiger partial charge in [0.05, 0.1) is 23.2 Å². The molecule has 0 aliphatic carbocycles. The number of amides is 2. The van der Waals surface area contributed by atoms with Crippen LogP contribution in [0.3, 0.4) is 0 Å². The maximum atomic E-state index is 14.8. The number of thioether (sulfide) groups is 1. The number of rotatable bonds is 17. The predicted molar refractivity (Wildman–Crippen MR) is 178 cm³/mol. The van der Waals surface area contributed by atoms with Crippen LogP contribution in [0.15, 0.2) is 49.6 Å². The molecular weight excluding hydrogens is 630 g/mol. The Hall–Kier alpha value is -2.30. The molecule has 43 heavy (non-hydrogen) atoms. The van der Waals surface area contributed by atoms with Crippen LogP contribution in [0.4, 0.5) is 11.4 Å². The monoisotopic (exact) mass is 675 g/mol. The van der Waals surface area contributed by atoms with Gasteiger partial charge in [0.15, 0.2) is 0 Å². The molecular formula is C33H46BrN3O5S. The minimum atomic E-state index is -0.735. The van der Waals surface area contributed by atoms with Crippen molar-refractivity contribution in [2.45, 2.75) is 73.2 Å². The summed E-state index contributed by atoms with van der Waals surface area (Å²) in [5.41, 5.74) is 1.84. The van der Waals surface area contributed by atoms with Gasteiger partial charge < -0.3 is 24.5 Å². The van der Waals surface area contributed by atoms with Gasteiger partial charge in [-0.15, -0.1) is 24.9 Å². The molecule has 1 aromatic rings. The van der Waals surface area contributed by atoms with Gasteiger partial charge in [0, 0.05) is 54.2 Å². The van der Waals surface area contributed by atoms with Gasteiger partial charge >= 0.3 is 5.97 Å². The molecule has 0 radical (unpaired) electrons. The third kappa shape index (κ3) is 6.57. The topological polar surface area (TPSA) is 90.4 Å². The lowest BCUT2D eigenvalue weighted by Crippen LogP contribution is -2.55. The Morgan fingerprint density at radius 2 is 1.79 bits per heavy atom. The van der Waals surface area contributed by atoms with E-state index in [4.69, 9.17) is 4.74 Å². The molecule has 10 heteroatoms. The number of fused-ring (bicyclic) bond motifs is 1. The molecule has 6 atom stereocenters. The number of benzene rings is 1. The second-order valence-electron chi connectivity index (χ2n) is 11.5. The molecule has 1 N–H and O–H groups in total. The van der Waals surface area contributed by atoms with Gasteiger partial charge in [-0.3, -0.25) is 14.4 Å². The van der Waals surface area contributed by atoms with Gasteiger partial charge in [-0.25, -0.2) is 0 Å². The Labute approximate surface area is 269 Å². The molecule has 0 aromatic heterocycles. The fraction of sp³-hybridized carbons (Fsp3) is 0.606. The van der Waals surface area contributed by atoms with E-state index >= 15 is 0 Å². The summed E-state index contributed by atoms with van der Waals surface area (Å²) >= 11 is 5.44. The summed E-state index contributed by atoms with van der Waals surface area (Å²) in [7, 11) is 0. The maximum Gasteiger partial charge on any atom is 0.310 e. The van der Waals surface area contributed by atoms with Crippen LogP contribution >= 0.6 is 27.7 Å². The first-order valence-electron chi connectivity index (χ1n) is 15.6. The van der Waals surface area contributed by atoms with E-state index in [1.165, 1.54) is 0 Å². The van der Waals surface area contributed by atoms with Crippen LogP contribution in [0.2, 0.25) is 0 Å². The highest BCUT2D eigenvalue weighted by atomic mass is 79.9.